The highest BCUT2D eigenvalue weighted by atomic mass is 16.2. The van der Waals surface area contributed by atoms with Crippen LogP contribution in [0.15, 0.2) is 0 Å². The zero-order chi connectivity index (χ0) is 10.4. The summed E-state index contributed by atoms with van der Waals surface area (Å²) in [6.07, 6.45) is 4.28. The Hall–Kier alpha value is -0.900. The van der Waals surface area contributed by atoms with Gasteiger partial charge >= 0.3 is 0 Å². The summed E-state index contributed by atoms with van der Waals surface area (Å²) in [4.78, 5) is 4.24. The number of aliphatic hydroxyl groups is 1. The van der Waals surface area contributed by atoms with Gasteiger partial charge in [0.1, 0.15) is 11.6 Å². The fraction of sp³-hybridized carbons (Fsp3) is 0.800. The van der Waals surface area contributed by atoms with Crippen molar-refractivity contribution in [1.82, 2.24) is 14.8 Å². The van der Waals surface area contributed by atoms with Gasteiger partial charge in [0, 0.05) is 13.2 Å². The number of nitrogens with zero attached hydrogens (tertiary/aromatic N) is 3. The van der Waals surface area contributed by atoms with Gasteiger partial charge in [-0.15, -0.1) is 0 Å². The zero-order valence-corrected chi connectivity index (χ0v) is 9.03. The Labute approximate surface area is 85.0 Å². The Kier molecular flexibility index (Phi) is 4.59. The molecule has 4 nitrogen and oxygen atoms in total. The number of hydrogen-bond donors (Lipinski definition) is 1. The minimum absolute atomic E-state index is 0.307. The molecule has 1 heterocycles. The number of aliphatic hydroxyl groups excluding tert-OH is 1. The maximum Gasteiger partial charge on any atom is 0.147 e. The Balaban J connectivity index is 2.21. The van der Waals surface area contributed by atoms with Crippen LogP contribution in [0.5, 0.6) is 0 Å². The van der Waals surface area contributed by atoms with Gasteiger partial charge in [0.2, 0.25) is 0 Å². The SMILES string of the molecule is Cc1nc(C)n(CCCCCCO)n1. The molecule has 0 spiro atoms. The minimum atomic E-state index is 0.307. The lowest BCUT2D eigenvalue weighted by Gasteiger charge is -2.02. The van der Waals surface area contributed by atoms with E-state index < -0.39 is 0 Å². The van der Waals surface area contributed by atoms with Gasteiger partial charge in [-0.1, -0.05) is 12.8 Å². The van der Waals surface area contributed by atoms with Crippen LogP contribution in [0.1, 0.15) is 37.3 Å². The predicted molar refractivity (Wildman–Crippen MR) is 55.0 cm³/mol. The maximum absolute atomic E-state index is 8.60. The highest BCUT2D eigenvalue weighted by molar-refractivity contribution is 4.87. The molecule has 80 valence electrons. The van der Waals surface area contributed by atoms with Crippen LogP contribution < -0.4 is 0 Å². The fourth-order valence-electron chi connectivity index (χ4n) is 1.50. The van der Waals surface area contributed by atoms with Crippen molar-refractivity contribution >= 4 is 0 Å². The summed E-state index contributed by atoms with van der Waals surface area (Å²) in [7, 11) is 0. The van der Waals surface area contributed by atoms with Crippen LogP contribution in [0.3, 0.4) is 0 Å². The molecule has 0 unspecified atom stereocenters. The molecule has 0 bridgehead atoms. The highest BCUT2D eigenvalue weighted by Gasteiger charge is 2.00. The standard InChI is InChI=1S/C10H19N3O/c1-9-11-10(2)13(12-9)7-5-3-4-6-8-14/h14H,3-8H2,1-2H3. The Morgan fingerprint density at radius 2 is 1.86 bits per heavy atom. The van der Waals surface area contributed by atoms with Gasteiger partial charge in [0.25, 0.3) is 0 Å². The summed E-state index contributed by atoms with van der Waals surface area (Å²) in [5.41, 5.74) is 0. The van der Waals surface area contributed by atoms with Crippen LogP contribution in [0.4, 0.5) is 0 Å². The minimum Gasteiger partial charge on any atom is -0.396 e. The van der Waals surface area contributed by atoms with Crippen LogP contribution in [0.2, 0.25) is 0 Å². The number of aryl methyl sites for hydroxylation is 3. The van der Waals surface area contributed by atoms with Crippen molar-refractivity contribution in [3.8, 4) is 0 Å². The first kappa shape index (κ1) is 11.2. The van der Waals surface area contributed by atoms with Gasteiger partial charge in [0.05, 0.1) is 0 Å². The molecule has 0 saturated heterocycles. The smallest absolute Gasteiger partial charge is 0.147 e. The molecule has 0 aliphatic carbocycles. The van der Waals surface area contributed by atoms with Crippen molar-refractivity contribution in [1.29, 1.82) is 0 Å². The maximum atomic E-state index is 8.60. The van der Waals surface area contributed by atoms with E-state index in [1.807, 2.05) is 18.5 Å². The molecule has 14 heavy (non-hydrogen) atoms. The average molecular weight is 197 g/mol. The van der Waals surface area contributed by atoms with Crippen molar-refractivity contribution < 1.29 is 5.11 Å². The van der Waals surface area contributed by atoms with E-state index in [1.54, 1.807) is 0 Å². The first-order valence-electron chi connectivity index (χ1n) is 5.23. The molecule has 0 radical (unpaired) electrons. The van der Waals surface area contributed by atoms with Crippen LogP contribution in [0, 0.1) is 13.8 Å². The molecule has 0 aliphatic rings. The average Bonchev–Trinajstić information content (AvgIpc) is 2.45. The summed E-state index contributed by atoms with van der Waals surface area (Å²) in [5.74, 6) is 1.84. The molecular weight excluding hydrogens is 178 g/mol. The predicted octanol–water partition coefficient (Wildman–Crippen LogP) is 1.45. The fourth-order valence-corrected chi connectivity index (χ4v) is 1.50. The molecule has 0 aromatic carbocycles. The van der Waals surface area contributed by atoms with Gasteiger partial charge in [-0.2, -0.15) is 5.10 Å². The van der Waals surface area contributed by atoms with Crippen molar-refractivity contribution in [3.63, 3.8) is 0 Å². The largest absolute Gasteiger partial charge is 0.396 e. The van der Waals surface area contributed by atoms with E-state index >= 15 is 0 Å². The summed E-state index contributed by atoms with van der Waals surface area (Å²) in [6.45, 7) is 5.14. The summed E-state index contributed by atoms with van der Waals surface area (Å²) >= 11 is 0. The summed E-state index contributed by atoms with van der Waals surface area (Å²) in [5, 5.41) is 12.9. The Morgan fingerprint density at radius 3 is 2.43 bits per heavy atom. The first-order valence-corrected chi connectivity index (χ1v) is 5.23. The molecular formula is C10H19N3O. The van der Waals surface area contributed by atoms with Crippen molar-refractivity contribution in [3.05, 3.63) is 11.6 Å². The van der Waals surface area contributed by atoms with Crippen molar-refractivity contribution in [2.75, 3.05) is 6.61 Å². The topological polar surface area (TPSA) is 50.9 Å². The van der Waals surface area contributed by atoms with Crippen LogP contribution in [0.25, 0.3) is 0 Å². The molecule has 1 N–H and O–H groups in total. The van der Waals surface area contributed by atoms with Crippen LogP contribution in [-0.2, 0) is 6.54 Å². The second-order valence-electron chi connectivity index (χ2n) is 3.57. The lowest BCUT2D eigenvalue weighted by Crippen LogP contribution is -2.02. The van der Waals surface area contributed by atoms with Crippen LogP contribution >= 0.6 is 0 Å². The third kappa shape index (κ3) is 3.46. The summed E-state index contributed by atoms with van der Waals surface area (Å²) in [6, 6.07) is 0. The number of rotatable bonds is 6. The Bertz CT molecular complexity index is 270. The molecule has 1 rings (SSSR count). The molecule has 4 heteroatoms. The molecule has 1 aromatic rings. The highest BCUT2D eigenvalue weighted by Crippen LogP contribution is 2.03. The van der Waals surface area contributed by atoms with E-state index in [2.05, 4.69) is 10.1 Å². The zero-order valence-electron chi connectivity index (χ0n) is 9.03. The number of aromatic nitrogens is 3. The van der Waals surface area contributed by atoms with Gasteiger partial charge < -0.3 is 5.11 Å². The lowest BCUT2D eigenvalue weighted by atomic mass is 10.2. The van der Waals surface area contributed by atoms with E-state index in [0.717, 1.165) is 43.9 Å². The molecule has 0 amide bonds. The van der Waals surface area contributed by atoms with Crippen molar-refractivity contribution in [2.24, 2.45) is 0 Å². The van der Waals surface area contributed by atoms with E-state index in [4.69, 9.17) is 5.11 Å². The van der Waals surface area contributed by atoms with E-state index in [9.17, 15) is 0 Å². The monoisotopic (exact) mass is 197 g/mol. The van der Waals surface area contributed by atoms with Crippen LogP contribution in [-0.4, -0.2) is 26.5 Å². The van der Waals surface area contributed by atoms with Gasteiger partial charge in [-0.05, 0) is 26.7 Å². The van der Waals surface area contributed by atoms with Gasteiger partial charge in [-0.3, -0.25) is 4.68 Å². The molecule has 0 saturated carbocycles. The second kappa shape index (κ2) is 5.75. The van der Waals surface area contributed by atoms with E-state index in [-0.39, 0.29) is 0 Å². The summed E-state index contributed by atoms with van der Waals surface area (Å²) < 4.78 is 1.95. The van der Waals surface area contributed by atoms with E-state index in [0.29, 0.717) is 6.61 Å². The van der Waals surface area contributed by atoms with Gasteiger partial charge in [0.15, 0.2) is 0 Å². The normalized spacial score (nSPS) is 10.8. The quantitative estimate of drug-likeness (QED) is 0.702. The number of unbranched alkanes of at least 4 members (excludes halogenated alkanes) is 3. The third-order valence-electron chi connectivity index (χ3n) is 2.24. The van der Waals surface area contributed by atoms with Gasteiger partial charge in [-0.25, -0.2) is 4.98 Å². The third-order valence-corrected chi connectivity index (χ3v) is 2.24. The number of hydrogen-bond acceptors (Lipinski definition) is 3. The molecule has 0 aliphatic heterocycles. The van der Waals surface area contributed by atoms with E-state index in [1.165, 1.54) is 0 Å². The molecule has 0 fully saturated rings. The Morgan fingerprint density at radius 1 is 1.14 bits per heavy atom. The first-order chi connectivity index (χ1) is 6.74. The second-order valence-corrected chi connectivity index (χ2v) is 3.57. The molecule has 0 atom stereocenters. The molecule has 1 aromatic heterocycles. The van der Waals surface area contributed by atoms with Crippen molar-refractivity contribution in [2.45, 2.75) is 46.1 Å². The lowest BCUT2D eigenvalue weighted by molar-refractivity contribution is 0.282.